The lowest BCUT2D eigenvalue weighted by Crippen LogP contribution is -2.40. The summed E-state index contributed by atoms with van der Waals surface area (Å²) >= 11 is 1.64. The Bertz CT molecular complexity index is 659. The molecule has 0 bridgehead atoms. The maximum absolute atomic E-state index is 5.59. The molecule has 0 N–H and O–H groups in total. The van der Waals surface area contributed by atoms with Crippen molar-refractivity contribution in [3.63, 3.8) is 0 Å². The molecule has 1 saturated heterocycles. The van der Waals surface area contributed by atoms with Gasteiger partial charge in [0.2, 0.25) is 0 Å². The summed E-state index contributed by atoms with van der Waals surface area (Å²) < 4.78 is 16.5. The van der Waals surface area contributed by atoms with E-state index in [1.807, 2.05) is 18.2 Å². The Kier molecular flexibility index (Phi) is 5.15. The first kappa shape index (κ1) is 16.2. The number of aromatic nitrogens is 1. The number of methoxy groups -OCH3 is 2. The third-order valence-electron chi connectivity index (χ3n) is 3.90. The van der Waals surface area contributed by atoms with Gasteiger partial charge in [-0.1, -0.05) is 6.07 Å². The van der Waals surface area contributed by atoms with Crippen molar-refractivity contribution in [2.45, 2.75) is 19.6 Å². The molecule has 0 saturated carbocycles. The van der Waals surface area contributed by atoms with Crippen LogP contribution in [0.2, 0.25) is 0 Å². The van der Waals surface area contributed by atoms with Crippen LogP contribution in [0.5, 0.6) is 11.5 Å². The highest BCUT2D eigenvalue weighted by Gasteiger charge is 2.19. The molecule has 0 amide bonds. The van der Waals surface area contributed by atoms with Gasteiger partial charge in [0.25, 0.3) is 0 Å². The summed E-state index contributed by atoms with van der Waals surface area (Å²) in [5.74, 6) is 1.46. The molecule has 2 aromatic rings. The number of benzene rings is 1. The summed E-state index contributed by atoms with van der Waals surface area (Å²) in [5.41, 5.74) is 2.06. The molecule has 124 valence electrons. The predicted molar refractivity (Wildman–Crippen MR) is 91.3 cm³/mol. The van der Waals surface area contributed by atoms with Crippen molar-refractivity contribution in [2.75, 3.05) is 33.9 Å². The Morgan fingerprint density at radius 3 is 2.96 bits per heavy atom. The van der Waals surface area contributed by atoms with Crippen molar-refractivity contribution in [1.82, 2.24) is 9.88 Å². The molecule has 1 atom stereocenters. The minimum atomic E-state index is 0.292. The van der Waals surface area contributed by atoms with Gasteiger partial charge in [0, 0.05) is 25.0 Å². The van der Waals surface area contributed by atoms with Gasteiger partial charge in [0.05, 0.1) is 38.2 Å². The summed E-state index contributed by atoms with van der Waals surface area (Å²) in [6.45, 7) is 5.67. The molecule has 2 heterocycles. The van der Waals surface area contributed by atoms with Gasteiger partial charge in [0.1, 0.15) is 5.01 Å². The zero-order valence-electron chi connectivity index (χ0n) is 13.7. The first-order chi connectivity index (χ1) is 11.2. The highest BCUT2D eigenvalue weighted by atomic mass is 32.1. The number of rotatable bonds is 5. The van der Waals surface area contributed by atoms with Crippen molar-refractivity contribution >= 4 is 11.3 Å². The molecule has 23 heavy (non-hydrogen) atoms. The third-order valence-corrected chi connectivity index (χ3v) is 4.82. The lowest BCUT2D eigenvalue weighted by atomic mass is 10.2. The van der Waals surface area contributed by atoms with Crippen LogP contribution in [-0.4, -0.2) is 49.9 Å². The molecular formula is C17H22N2O3S. The summed E-state index contributed by atoms with van der Waals surface area (Å²) in [6.07, 6.45) is 0.292. The normalized spacial score (nSPS) is 18.8. The van der Waals surface area contributed by atoms with Crippen molar-refractivity contribution in [3.05, 3.63) is 29.3 Å². The Morgan fingerprint density at radius 1 is 1.35 bits per heavy atom. The van der Waals surface area contributed by atoms with Crippen LogP contribution >= 0.6 is 11.3 Å². The highest BCUT2D eigenvalue weighted by Crippen LogP contribution is 2.39. The van der Waals surface area contributed by atoms with Gasteiger partial charge in [-0.3, -0.25) is 4.90 Å². The van der Waals surface area contributed by atoms with E-state index in [-0.39, 0.29) is 0 Å². The number of morpholine rings is 1. The molecule has 0 radical (unpaired) electrons. The first-order valence-electron chi connectivity index (χ1n) is 7.71. The molecule has 1 aliphatic heterocycles. The van der Waals surface area contributed by atoms with Gasteiger partial charge in [-0.25, -0.2) is 4.98 Å². The lowest BCUT2D eigenvalue weighted by Gasteiger charge is -2.30. The van der Waals surface area contributed by atoms with Crippen molar-refractivity contribution in [1.29, 1.82) is 0 Å². The number of hydrogen-bond donors (Lipinski definition) is 0. The van der Waals surface area contributed by atoms with Gasteiger partial charge in [-0.2, -0.15) is 0 Å². The van der Waals surface area contributed by atoms with Crippen LogP contribution in [-0.2, 0) is 11.3 Å². The van der Waals surface area contributed by atoms with Gasteiger partial charge in [0.15, 0.2) is 11.5 Å². The SMILES string of the molecule is COc1cccc(-c2nc(CN3CCOC(C)C3)cs2)c1OC. The first-order valence-corrected chi connectivity index (χ1v) is 8.59. The van der Waals surface area contributed by atoms with E-state index in [4.69, 9.17) is 19.2 Å². The Labute approximate surface area is 140 Å². The van der Waals surface area contributed by atoms with Gasteiger partial charge < -0.3 is 14.2 Å². The third kappa shape index (κ3) is 3.65. The molecule has 1 aromatic heterocycles. The maximum Gasteiger partial charge on any atom is 0.170 e. The summed E-state index contributed by atoms with van der Waals surface area (Å²) in [4.78, 5) is 7.17. The molecule has 1 fully saturated rings. The van der Waals surface area contributed by atoms with Crippen molar-refractivity contribution in [2.24, 2.45) is 0 Å². The van der Waals surface area contributed by atoms with Crippen LogP contribution in [0.1, 0.15) is 12.6 Å². The second-order valence-electron chi connectivity index (χ2n) is 5.60. The van der Waals surface area contributed by atoms with Crippen LogP contribution in [0.3, 0.4) is 0 Å². The zero-order chi connectivity index (χ0) is 16.2. The summed E-state index contributed by atoms with van der Waals surface area (Å²) in [5, 5.41) is 3.08. The van der Waals surface area contributed by atoms with Crippen LogP contribution in [0.15, 0.2) is 23.6 Å². The standard InChI is InChI=1S/C17H22N2O3S/c1-12-9-19(7-8-22-12)10-13-11-23-17(18-13)14-5-4-6-15(20-2)16(14)21-3/h4-6,11-12H,7-10H2,1-3H3. The van der Waals surface area contributed by atoms with E-state index in [0.29, 0.717) is 6.10 Å². The van der Waals surface area contributed by atoms with Gasteiger partial charge in [-0.15, -0.1) is 11.3 Å². The van der Waals surface area contributed by atoms with E-state index < -0.39 is 0 Å². The monoisotopic (exact) mass is 334 g/mol. The fourth-order valence-corrected chi connectivity index (χ4v) is 3.65. The lowest BCUT2D eigenvalue weighted by molar-refractivity contribution is -0.0215. The van der Waals surface area contributed by atoms with E-state index in [1.54, 1.807) is 25.6 Å². The number of para-hydroxylation sites is 1. The summed E-state index contributed by atoms with van der Waals surface area (Å²) in [7, 11) is 3.31. The van der Waals surface area contributed by atoms with Gasteiger partial charge >= 0.3 is 0 Å². The number of thiazole rings is 1. The molecule has 3 rings (SSSR count). The average molecular weight is 334 g/mol. The van der Waals surface area contributed by atoms with Crippen molar-refractivity contribution < 1.29 is 14.2 Å². The summed E-state index contributed by atoms with van der Waals surface area (Å²) in [6, 6.07) is 5.87. The quantitative estimate of drug-likeness (QED) is 0.841. The van der Waals surface area contributed by atoms with Crippen LogP contribution in [0, 0.1) is 0 Å². The number of hydrogen-bond acceptors (Lipinski definition) is 6. The molecule has 5 nitrogen and oxygen atoms in total. The van der Waals surface area contributed by atoms with Crippen molar-refractivity contribution in [3.8, 4) is 22.1 Å². The average Bonchev–Trinajstić information content (AvgIpc) is 3.02. The molecule has 1 unspecified atom stereocenters. The van der Waals surface area contributed by atoms with Crippen LogP contribution < -0.4 is 9.47 Å². The van der Waals surface area contributed by atoms with Crippen LogP contribution in [0.4, 0.5) is 0 Å². The molecule has 0 aliphatic carbocycles. The molecule has 6 heteroatoms. The number of nitrogens with zero attached hydrogens (tertiary/aromatic N) is 2. The fourth-order valence-electron chi connectivity index (χ4n) is 2.82. The largest absolute Gasteiger partial charge is 0.493 e. The molecular weight excluding hydrogens is 312 g/mol. The second-order valence-corrected chi connectivity index (χ2v) is 6.46. The Balaban J connectivity index is 1.79. The van der Waals surface area contributed by atoms with E-state index >= 15 is 0 Å². The zero-order valence-corrected chi connectivity index (χ0v) is 14.6. The number of ether oxygens (including phenoxy) is 3. The van der Waals surface area contributed by atoms with E-state index in [0.717, 1.165) is 54.0 Å². The minimum absolute atomic E-state index is 0.292. The molecule has 1 aromatic carbocycles. The van der Waals surface area contributed by atoms with Crippen LogP contribution in [0.25, 0.3) is 10.6 Å². The predicted octanol–water partition coefficient (Wildman–Crippen LogP) is 3.05. The van der Waals surface area contributed by atoms with E-state index in [9.17, 15) is 0 Å². The minimum Gasteiger partial charge on any atom is -0.493 e. The fraction of sp³-hybridized carbons (Fsp3) is 0.471. The maximum atomic E-state index is 5.59. The smallest absolute Gasteiger partial charge is 0.170 e. The van der Waals surface area contributed by atoms with E-state index in [1.165, 1.54) is 0 Å². The molecule has 0 spiro atoms. The topological polar surface area (TPSA) is 43.8 Å². The van der Waals surface area contributed by atoms with E-state index in [2.05, 4.69) is 17.2 Å². The Morgan fingerprint density at radius 2 is 2.22 bits per heavy atom. The highest BCUT2D eigenvalue weighted by molar-refractivity contribution is 7.13. The second kappa shape index (κ2) is 7.29. The molecule has 1 aliphatic rings. The Hall–Kier alpha value is -1.63. The van der Waals surface area contributed by atoms with Gasteiger partial charge in [-0.05, 0) is 19.1 Å².